The van der Waals surface area contributed by atoms with Gasteiger partial charge in [-0.3, -0.25) is 0 Å². The summed E-state index contributed by atoms with van der Waals surface area (Å²) in [6.07, 6.45) is 4.45. The lowest BCUT2D eigenvalue weighted by Gasteiger charge is -2.24. The molecule has 4 rings (SSSR count). The predicted octanol–water partition coefficient (Wildman–Crippen LogP) is 2.25. The molecular weight excluding hydrogens is 297 g/mol. The van der Waals surface area contributed by atoms with E-state index in [1.165, 1.54) is 6.07 Å². The van der Waals surface area contributed by atoms with Crippen molar-refractivity contribution in [1.82, 2.24) is 20.3 Å². The quantitative estimate of drug-likeness (QED) is 0.758. The highest BCUT2D eigenvalue weighted by atomic mass is 19.1. The van der Waals surface area contributed by atoms with Crippen LogP contribution in [0.4, 0.5) is 4.39 Å². The molecule has 1 aliphatic heterocycles. The molecular formula is C16H14FN5O. The van der Waals surface area contributed by atoms with Crippen LogP contribution in [-0.2, 0) is 0 Å². The highest BCUT2D eigenvalue weighted by molar-refractivity contribution is 6.09. The number of piperidine rings is 1. The highest BCUT2D eigenvalue weighted by Crippen LogP contribution is 2.35. The zero-order valence-electron chi connectivity index (χ0n) is 12.3. The number of nitrogens with zero attached hydrogens (tertiary/aromatic N) is 3. The van der Waals surface area contributed by atoms with E-state index in [1.54, 1.807) is 6.20 Å². The van der Waals surface area contributed by atoms with E-state index in [1.807, 2.05) is 0 Å². The van der Waals surface area contributed by atoms with Crippen LogP contribution in [0.1, 0.15) is 18.5 Å². The normalized spacial score (nSPS) is 15.8. The van der Waals surface area contributed by atoms with Crippen molar-refractivity contribution in [1.29, 1.82) is 5.26 Å². The average molecular weight is 311 g/mol. The van der Waals surface area contributed by atoms with Gasteiger partial charge in [-0.1, -0.05) is 0 Å². The van der Waals surface area contributed by atoms with E-state index < -0.39 is 5.82 Å². The molecule has 0 radical (unpaired) electrons. The Kier molecular flexibility index (Phi) is 3.32. The minimum Gasteiger partial charge on any atom is -0.487 e. The summed E-state index contributed by atoms with van der Waals surface area (Å²) in [5.41, 5.74) is 1.44. The van der Waals surface area contributed by atoms with E-state index >= 15 is 0 Å². The largest absolute Gasteiger partial charge is 0.487 e. The van der Waals surface area contributed by atoms with Gasteiger partial charge in [0.15, 0.2) is 11.4 Å². The summed E-state index contributed by atoms with van der Waals surface area (Å²) in [5.74, 6) is -0.0166. The SMILES string of the molecule is N#Cc1ncc2[nH]c3ncc(F)cc3c2c1OC1CCNCC1. The van der Waals surface area contributed by atoms with Crippen molar-refractivity contribution in [2.45, 2.75) is 18.9 Å². The van der Waals surface area contributed by atoms with Gasteiger partial charge in [0.2, 0.25) is 0 Å². The van der Waals surface area contributed by atoms with Crippen LogP contribution < -0.4 is 10.1 Å². The monoisotopic (exact) mass is 311 g/mol. The molecule has 0 aromatic carbocycles. The van der Waals surface area contributed by atoms with Crippen molar-refractivity contribution in [2.24, 2.45) is 0 Å². The smallest absolute Gasteiger partial charge is 0.183 e. The Labute approximate surface area is 131 Å². The highest BCUT2D eigenvalue weighted by Gasteiger charge is 2.21. The van der Waals surface area contributed by atoms with Crippen LogP contribution in [0, 0.1) is 17.1 Å². The number of pyridine rings is 2. The fourth-order valence-electron chi connectivity index (χ4n) is 2.99. The molecule has 0 atom stereocenters. The van der Waals surface area contributed by atoms with Crippen LogP contribution in [-0.4, -0.2) is 34.1 Å². The number of ether oxygens (including phenoxy) is 1. The lowest BCUT2D eigenvalue weighted by atomic mass is 10.1. The van der Waals surface area contributed by atoms with E-state index in [4.69, 9.17) is 4.74 Å². The van der Waals surface area contributed by atoms with Gasteiger partial charge >= 0.3 is 0 Å². The zero-order valence-corrected chi connectivity index (χ0v) is 12.3. The van der Waals surface area contributed by atoms with E-state index in [-0.39, 0.29) is 11.8 Å². The van der Waals surface area contributed by atoms with E-state index in [0.717, 1.165) is 32.1 Å². The Morgan fingerprint density at radius 2 is 2.09 bits per heavy atom. The van der Waals surface area contributed by atoms with E-state index in [2.05, 4.69) is 26.3 Å². The van der Waals surface area contributed by atoms with Gasteiger partial charge < -0.3 is 15.0 Å². The molecule has 0 saturated carbocycles. The molecule has 0 spiro atoms. The molecule has 2 N–H and O–H groups in total. The molecule has 0 unspecified atom stereocenters. The van der Waals surface area contributed by atoms with Crippen LogP contribution >= 0.6 is 0 Å². The number of nitrogens with one attached hydrogen (secondary N) is 2. The average Bonchev–Trinajstić information content (AvgIpc) is 2.94. The van der Waals surface area contributed by atoms with Crippen molar-refractivity contribution in [3.8, 4) is 11.8 Å². The summed E-state index contributed by atoms with van der Waals surface area (Å²) < 4.78 is 19.7. The maximum Gasteiger partial charge on any atom is 0.183 e. The van der Waals surface area contributed by atoms with Gasteiger partial charge in [-0.15, -0.1) is 0 Å². The zero-order chi connectivity index (χ0) is 15.8. The fraction of sp³-hybridized carbons (Fsp3) is 0.312. The van der Waals surface area contributed by atoms with Crippen molar-refractivity contribution in [2.75, 3.05) is 13.1 Å². The molecule has 0 aliphatic carbocycles. The first-order valence-corrected chi connectivity index (χ1v) is 7.49. The maximum atomic E-state index is 13.6. The predicted molar refractivity (Wildman–Crippen MR) is 82.6 cm³/mol. The summed E-state index contributed by atoms with van der Waals surface area (Å²) in [6, 6.07) is 3.47. The van der Waals surface area contributed by atoms with Gasteiger partial charge in [0, 0.05) is 5.39 Å². The van der Waals surface area contributed by atoms with Gasteiger partial charge in [-0.2, -0.15) is 5.26 Å². The summed E-state index contributed by atoms with van der Waals surface area (Å²) in [7, 11) is 0. The molecule has 3 aromatic rings. The first kappa shape index (κ1) is 13.9. The first-order chi connectivity index (χ1) is 11.3. The number of rotatable bonds is 2. The molecule has 23 heavy (non-hydrogen) atoms. The molecule has 1 aliphatic rings. The lowest BCUT2D eigenvalue weighted by Crippen LogP contribution is -2.34. The molecule has 0 amide bonds. The number of halogens is 1. The van der Waals surface area contributed by atoms with Crippen LogP contribution in [0.25, 0.3) is 21.9 Å². The second-order valence-electron chi connectivity index (χ2n) is 5.58. The van der Waals surface area contributed by atoms with Gasteiger partial charge in [0.05, 0.1) is 23.3 Å². The molecule has 4 heterocycles. The Hall–Kier alpha value is -2.72. The number of aromatic amines is 1. The molecule has 7 heteroatoms. The second-order valence-corrected chi connectivity index (χ2v) is 5.58. The minimum absolute atomic E-state index is 0.0159. The Morgan fingerprint density at radius 1 is 1.26 bits per heavy atom. The molecule has 6 nitrogen and oxygen atoms in total. The van der Waals surface area contributed by atoms with Crippen molar-refractivity contribution in [3.05, 3.63) is 30.0 Å². The third kappa shape index (κ3) is 2.37. The molecule has 0 bridgehead atoms. The standard InChI is InChI=1S/C16H14FN5O/c17-9-5-11-14-13(22-16(11)21-7-9)8-20-12(6-18)15(14)23-10-1-3-19-4-2-10/h5,7-8,10,19H,1-4H2,(H,21,22). The Bertz CT molecular complexity index is 923. The van der Waals surface area contributed by atoms with Gasteiger partial charge in [0.1, 0.15) is 23.6 Å². The lowest BCUT2D eigenvalue weighted by molar-refractivity contribution is 0.163. The molecule has 3 aromatic heterocycles. The van der Waals surface area contributed by atoms with Gasteiger partial charge in [-0.05, 0) is 32.0 Å². The van der Waals surface area contributed by atoms with Crippen LogP contribution in [0.3, 0.4) is 0 Å². The van der Waals surface area contributed by atoms with Crippen molar-refractivity contribution >= 4 is 21.9 Å². The van der Waals surface area contributed by atoms with Crippen LogP contribution in [0.2, 0.25) is 0 Å². The summed E-state index contributed by atoms with van der Waals surface area (Å²) in [4.78, 5) is 11.3. The second kappa shape index (κ2) is 5.48. The number of aromatic nitrogens is 3. The first-order valence-electron chi connectivity index (χ1n) is 7.49. The number of hydrogen-bond acceptors (Lipinski definition) is 5. The number of H-pyrrole nitrogens is 1. The van der Waals surface area contributed by atoms with Gasteiger partial charge in [0.25, 0.3) is 0 Å². The topological polar surface area (TPSA) is 86.6 Å². The summed E-state index contributed by atoms with van der Waals surface area (Å²) >= 11 is 0. The maximum absolute atomic E-state index is 13.6. The third-order valence-electron chi connectivity index (χ3n) is 4.09. The third-order valence-corrected chi connectivity index (χ3v) is 4.09. The van der Waals surface area contributed by atoms with Gasteiger partial charge in [-0.25, -0.2) is 14.4 Å². The Balaban J connectivity index is 1.93. The van der Waals surface area contributed by atoms with Crippen molar-refractivity contribution in [3.63, 3.8) is 0 Å². The number of nitriles is 1. The minimum atomic E-state index is -0.429. The number of hydrogen-bond donors (Lipinski definition) is 2. The summed E-state index contributed by atoms with van der Waals surface area (Å²) in [5, 5.41) is 13.9. The van der Waals surface area contributed by atoms with Crippen LogP contribution in [0.5, 0.6) is 5.75 Å². The van der Waals surface area contributed by atoms with Crippen LogP contribution in [0.15, 0.2) is 18.5 Å². The summed E-state index contributed by atoms with van der Waals surface area (Å²) in [6.45, 7) is 1.75. The molecule has 116 valence electrons. The molecule has 1 fully saturated rings. The fourth-order valence-corrected chi connectivity index (χ4v) is 2.99. The Morgan fingerprint density at radius 3 is 2.87 bits per heavy atom. The number of fused-ring (bicyclic) bond motifs is 3. The van der Waals surface area contributed by atoms with E-state index in [9.17, 15) is 9.65 Å². The van der Waals surface area contributed by atoms with Crippen molar-refractivity contribution < 1.29 is 9.13 Å². The van der Waals surface area contributed by atoms with E-state index in [0.29, 0.717) is 27.7 Å². The molecule has 1 saturated heterocycles.